The maximum atomic E-state index is 12.2. The minimum Gasteiger partial charge on any atom is -0.494 e. The molecule has 0 aliphatic carbocycles. The molecule has 2 heterocycles. The first-order valence-electron chi connectivity index (χ1n) is 13.5. The van der Waals surface area contributed by atoms with Gasteiger partial charge in [-0.3, -0.25) is 9.35 Å². The molecule has 1 amide bonds. The summed E-state index contributed by atoms with van der Waals surface area (Å²) in [5.41, 5.74) is 4.63. The van der Waals surface area contributed by atoms with Crippen molar-refractivity contribution in [1.29, 1.82) is 0 Å². The Kier molecular flexibility index (Phi) is 10.1. The number of fused-ring (bicyclic) bond motifs is 1. The molecule has 0 unspecified atom stereocenters. The number of aryl methyl sites for hydroxylation is 1. The molecular formula is C29H37N7O5S. The summed E-state index contributed by atoms with van der Waals surface area (Å²) in [6.07, 6.45) is 5.58. The SMILES string of the molecule is CS(=O)(=O)O.[2H]Cn1cc(-c2ccnc(Nc3cc(NC(=O)C=C)c(N(C)CCN(C)C)cc3OC)n2)c2ccccc21. The second-order valence-electron chi connectivity index (χ2n) is 9.64. The van der Waals surface area contributed by atoms with Crippen LogP contribution >= 0.6 is 0 Å². The number of rotatable bonds is 10. The summed E-state index contributed by atoms with van der Waals surface area (Å²) in [5, 5.41) is 7.17. The van der Waals surface area contributed by atoms with Crippen LogP contribution in [0.4, 0.5) is 23.0 Å². The van der Waals surface area contributed by atoms with Gasteiger partial charge < -0.3 is 29.7 Å². The largest absolute Gasteiger partial charge is 0.494 e. The van der Waals surface area contributed by atoms with Crippen LogP contribution in [-0.2, 0) is 21.9 Å². The molecule has 13 heteroatoms. The van der Waals surface area contributed by atoms with Gasteiger partial charge in [0, 0.05) is 63.5 Å². The molecule has 4 aromatic rings. The van der Waals surface area contributed by atoms with Crippen LogP contribution in [0.3, 0.4) is 0 Å². The van der Waals surface area contributed by atoms with Crippen molar-refractivity contribution in [2.45, 2.75) is 0 Å². The first kappa shape index (κ1) is 30.5. The summed E-state index contributed by atoms with van der Waals surface area (Å²) in [4.78, 5) is 25.6. The summed E-state index contributed by atoms with van der Waals surface area (Å²) >= 11 is 0. The van der Waals surface area contributed by atoms with Gasteiger partial charge in [0.25, 0.3) is 10.1 Å². The van der Waals surface area contributed by atoms with Crippen molar-refractivity contribution in [3.8, 4) is 17.0 Å². The smallest absolute Gasteiger partial charge is 0.261 e. The zero-order valence-corrected chi connectivity index (χ0v) is 25.1. The fourth-order valence-electron chi connectivity index (χ4n) is 4.05. The summed E-state index contributed by atoms with van der Waals surface area (Å²) in [6.45, 7) is 5.16. The fourth-order valence-corrected chi connectivity index (χ4v) is 4.05. The molecule has 0 aliphatic heterocycles. The summed E-state index contributed by atoms with van der Waals surface area (Å²) in [7, 11) is 4.04. The van der Waals surface area contributed by atoms with E-state index < -0.39 is 10.1 Å². The van der Waals surface area contributed by atoms with Crippen molar-refractivity contribution in [2.75, 3.05) is 63.1 Å². The van der Waals surface area contributed by atoms with Crippen molar-refractivity contribution in [1.82, 2.24) is 19.4 Å². The average Bonchev–Trinajstić information content (AvgIpc) is 3.34. The Labute approximate surface area is 247 Å². The van der Waals surface area contributed by atoms with Crippen LogP contribution in [0.1, 0.15) is 1.37 Å². The van der Waals surface area contributed by atoms with Crippen molar-refractivity contribution < 1.29 is 23.9 Å². The number of hydrogen-bond donors (Lipinski definition) is 3. The van der Waals surface area contributed by atoms with Gasteiger partial charge >= 0.3 is 0 Å². The van der Waals surface area contributed by atoms with E-state index in [1.54, 1.807) is 13.3 Å². The van der Waals surface area contributed by atoms with E-state index in [0.717, 1.165) is 40.9 Å². The number of nitrogens with zero attached hydrogens (tertiary/aromatic N) is 5. The predicted octanol–water partition coefficient (Wildman–Crippen LogP) is 4.01. The van der Waals surface area contributed by atoms with E-state index in [1.165, 1.54) is 6.08 Å². The predicted molar refractivity (Wildman–Crippen MR) is 168 cm³/mol. The third kappa shape index (κ3) is 8.77. The second-order valence-corrected chi connectivity index (χ2v) is 11.1. The molecule has 4 rings (SSSR count). The van der Waals surface area contributed by atoms with Crippen molar-refractivity contribution in [3.63, 3.8) is 0 Å². The lowest BCUT2D eigenvalue weighted by molar-refractivity contribution is -0.111. The van der Waals surface area contributed by atoms with Gasteiger partial charge in [-0.25, -0.2) is 9.97 Å². The monoisotopic (exact) mass is 596 g/mol. The summed E-state index contributed by atoms with van der Waals surface area (Å²) < 4.78 is 41.3. The molecule has 42 heavy (non-hydrogen) atoms. The van der Waals surface area contributed by atoms with E-state index in [4.69, 9.17) is 15.6 Å². The maximum absolute atomic E-state index is 12.2. The number of nitrogens with one attached hydrogen (secondary N) is 2. The average molecular weight is 597 g/mol. The molecule has 0 fully saturated rings. The molecule has 224 valence electrons. The van der Waals surface area contributed by atoms with Crippen molar-refractivity contribution in [2.24, 2.45) is 7.02 Å². The highest BCUT2D eigenvalue weighted by molar-refractivity contribution is 7.85. The van der Waals surface area contributed by atoms with Gasteiger partial charge in [-0.1, -0.05) is 24.8 Å². The normalized spacial score (nSPS) is 11.4. The maximum Gasteiger partial charge on any atom is 0.261 e. The van der Waals surface area contributed by atoms with E-state index in [1.807, 2.05) is 74.4 Å². The van der Waals surface area contributed by atoms with Crippen LogP contribution in [0.15, 0.2) is 67.5 Å². The lowest BCUT2D eigenvalue weighted by Crippen LogP contribution is -2.29. The Morgan fingerprint density at radius 2 is 1.90 bits per heavy atom. The molecule has 0 saturated carbocycles. The number of para-hydroxylation sites is 1. The lowest BCUT2D eigenvalue weighted by Gasteiger charge is -2.26. The van der Waals surface area contributed by atoms with Crippen LogP contribution in [0.5, 0.6) is 5.75 Å². The highest BCUT2D eigenvalue weighted by Gasteiger charge is 2.17. The van der Waals surface area contributed by atoms with Gasteiger partial charge in [0.15, 0.2) is 0 Å². The van der Waals surface area contributed by atoms with E-state index >= 15 is 0 Å². The Balaban J connectivity index is 0.000000934. The molecule has 12 nitrogen and oxygen atoms in total. The second kappa shape index (κ2) is 13.9. The molecule has 0 atom stereocenters. The minimum absolute atomic E-state index is 0.114. The van der Waals surface area contributed by atoms with E-state index in [-0.39, 0.29) is 12.9 Å². The zero-order valence-electron chi connectivity index (χ0n) is 25.3. The number of methoxy groups -OCH3 is 1. The van der Waals surface area contributed by atoms with E-state index in [0.29, 0.717) is 29.3 Å². The van der Waals surface area contributed by atoms with Crippen LogP contribution in [-0.4, -0.2) is 85.9 Å². The lowest BCUT2D eigenvalue weighted by atomic mass is 10.1. The molecule has 0 spiro atoms. The van der Waals surface area contributed by atoms with Crippen LogP contribution < -0.4 is 20.3 Å². The summed E-state index contributed by atoms with van der Waals surface area (Å²) in [5.74, 6) is 0.638. The third-order valence-electron chi connectivity index (χ3n) is 6.02. The first-order valence-corrected chi connectivity index (χ1v) is 14.6. The first-order chi connectivity index (χ1) is 20.3. The molecule has 0 bridgehead atoms. The number of benzene rings is 2. The van der Waals surface area contributed by atoms with Gasteiger partial charge in [-0.05, 0) is 38.4 Å². The Hall–Kier alpha value is -4.46. The highest BCUT2D eigenvalue weighted by atomic mass is 32.2. The number of carbonyl (C=O) groups excluding carboxylic acids is 1. The Morgan fingerprint density at radius 1 is 1.19 bits per heavy atom. The number of hydrogen-bond acceptors (Lipinski definition) is 9. The number of amides is 1. The molecule has 3 N–H and O–H groups in total. The topological polar surface area (TPSA) is 142 Å². The standard InChI is InChI=1S/C28H33N7O2.CH4O3S/c1-7-27(36)30-22-16-23(26(37-6)17-25(22)34(4)15-14-33(2)3)32-28-29-13-12-21(31-28)20-18-35(5)24-11-9-8-10-19(20)24;1-5(2,3)4/h7-13,16-18H,1,14-15H2,2-6H3,(H,30,36)(H,29,31,32);1H3,(H,2,3,4)/i5D;. The molecule has 2 aromatic heterocycles. The van der Waals surface area contributed by atoms with E-state index in [9.17, 15) is 13.2 Å². The van der Waals surface area contributed by atoms with Crippen molar-refractivity contribution in [3.05, 3.63) is 67.5 Å². The molecule has 0 radical (unpaired) electrons. The number of aromatic nitrogens is 3. The minimum atomic E-state index is -3.67. The van der Waals surface area contributed by atoms with Gasteiger partial charge in [-0.2, -0.15) is 8.42 Å². The number of likely N-dealkylation sites (N-methyl/N-ethyl adjacent to an activating group) is 2. The third-order valence-corrected chi connectivity index (χ3v) is 6.02. The molecule has 0 aliphatic rings. The Bertz CT molecular complexity index is 1680. The van der Waals surface area contributed by atoms with Crippen LogP contribution in [0.2, 0.25) is 0 Å². The summed E-state index contributed by atoms with van der Waals surface area (Å²) in [6, 6.07) is 13.5. The molecular weight excluding hydrogens is 558 g/mol. The highest BCUT2D eigenvalue weighted by Crippen LogP contribution is 2.38. The quantitative estimate of drug-likeness (QED) is 0.182. The van der Waals surface area contributed by atoms with Crippen molar-refractivity contribution >= 4 is 49.9 Å². The van der Waals surface area contributed by atoms with Crippen LogP contribution in [0.25, 0.3) is 22.2 Å². The number of ether oxygens (including phenoxy) is 1. The number of carbonyl (C=O) groups is 1. The fraction of sp³-hybridized carbons (Fsp3) is 0.276. The molecule has 0 saturated heterocycles. The van der Waals surface area contributed by atoms with Gasteiger partial charge in [-0.15, -0.1) is 0 Å². The Morgan fingerprint density at radius 3 is 2.55 bits per heavy atom. The van der Waals surface area contributed by atoms with Gasteiger partial charge in [0.1, 0.15) is 5.75 Å². The van der Waals surface area contributed by atoms with Gasteiger partial charge in [0.2, 0.25) is 11.9 Å². The van der Waals surface area contributed by atoms with Gasteiger partial charge in [0.05, 0.1) is 36.1 Å². The van der Waals surface area contributed by atoms with Crippen LogP contribution in [0, 0.1) is 0 Å². The zero-order chi connectivity index (χ0) is 31.7. The van der Waals surface area contributed by atoms with E-state index in [2.05, 4.69) is 32.0 Å². The molecule has 2 aromatic carbocycles. The number of anilines is 4.